The average molecular weight is 469 g/mol. The van der Waals surface area contributed by atoms with Crippen LogP contribution in [0.1, 0.15) is 30.5 Å². The van der Waals surface area contributed by atoms with E-state index in [4.69, 9.17) is 0 Å². The molecule has 5 nitrogen and oxygen atoms in total. The van der Waals surface area contributed by atoms with Crippen LogP contribution in [0.3, 0.4) is 0 Å². The van der Waals surface area contributed by atoms with E-state index in [0.717, 1.165) is 6.08 Å². The molecule has 0 saturated carbocycles. The van der Waals surface area contributed by atoms with Crippen LogP contribution in [0, 0.1) is 13.8 Å². The molecule has 0 aliphatic carbocycles. The van der Waals surface area contributed by atoms with E-state index >= 15 is 0 Å². The van der Waals surface area contributed by atoms with Crippen molar-refractivity contribution in [3.05, 3.63) is 81.1 Å². The van der Waals surface area contributed by atoms with E-state index in [1.807, 2.05) is 0 Å². The summed E-state index contributed by atoms with van der Waals surface area (Å²) in [6, 6.07) is 2.98. The molecule has 2 aromatic rings. The Morgan fingerprint density at radius 1 is 1.24 bits per heavy atom. The van der Waals surface area contributed by atoms with Crippen LogP contribution in [-0.2, 0) is 13.0 Å². The van der Waals surface area contributed by atoms with Gasteiger partial charge in [-0.2, -0.15) is 13.8 Å². The van der Waals surface area contributed by atoms with E-state index in [1.54, 1.807) is 26.8 Å². The van der Waals surface area contributed by atoms with Crippen molar-refractivity contribution in [2.24, 2.45) is 0 Å². The Morgan fingerprint density at radius 3 is 2.48 bits per heavy atom. The number of rotatable bonds is 9. The second kappa shape index (κ2) is 10.9. The summed E-state index contributed by atoms with van der Waals surface area (Å²) in [6.45, 7) is 6.23. The standard InChI is InChI=1S/C23H24F5N3O2/c1-6-16-11-31(10-12(2)7-17(25)20(26)15(5)24)23(30-21(16)32)29-18-8-14(4)19(9-13(18)3)33-22(27)28/h7-9,11,22H,5-6,10H2,1-4H3,(H,29,30,32)/b12-7+,20-17-. The van der Waals surface area contributed by atoms with E-state index in [1.165, 1.54) is 23.8 Å². The molecule has 0 spiro atoms. The summed E-state index contributed by atoms with van der Waals surface area (Å²) < 4.78 is 71.3. The van der Waals surface area contributed by atoms with Gasteiger partial charge in [-0.05, 0) is 56.5 Å². The molecule has 0 atom stereocenters. The Kier molecular flexibility index (Phi) is 8.56. The van der Waals surface area contributed by atoms with Gasteiger partial charge in [0.25, 0.3) is 5.56 Å². The van der Waals surface area contributed by atoms with Crippen molar-refractivity contribution in [3.8, 4) is 5.75 Å². The summed E-state index contributed by atoms with van der Waals surface area (Å²) in [4.78, 5) is 16.4. The summed E-state index contributed by atoms with van der Waals surface area (Å²) in [5.41, 5.74) is 1.66. The molecule has 0 amide bonds. The van der Waals surface area contributed by atoms with E-state index in [2.05, 4.69) is 21.6 Å². The van der Waals surface area contributed by atoms with Gasteiger partial charge >= 0.3 is 6.61 Å². The zero-order valence-corrected chi connectivity index (χ0v) is 18.6. The van der Waals surface area contributed by atoms with Crippen molar-refractivity contribution < 1.29 is 26.7 Å². The Hall–Kier alpha value is -3.43. The lowest BCUT2D eigenvalue weighted by molar-refractivity contribution is -0.0503. The second-order valence-corrected chi connectivity index (χ2v) is 7.37. The van der Waals surface area contributed by atoms with Crippen LogP contribution in [0.2, 0.25) is 0 Å². The minimum atomic E-state index is -2.97. The first kappa shape index (κ1) is 25.8. The third kappa shape index (κ3) is 6.77. The number of aromatic nitrogens is 2. The Balaban J connectivity index is 2.47. The van der Waals surface area contributed by atoms with Crippen LogP contribution in [-0.4, -0.2) is 16.2 Å². The molecule has 178 valence electrons. The van der Waals surface area contributed by atoms with Gasteiger partial charge in [0.05, 0.1) is 0 Å². The summed E-state index contributed by atoms with van der Waals surface area (Å²) in [5, 5.41) is 2.98. The zero-order chi connectivity index (χ0) is 24.9. The fourth-order valence-electron chi connectivity index (χ4n) is 2.99. The molecule has 1 N–H and O–H groups in total. The summed E-state index contributed by atoms with van der Waals surface area (Å²) >= 11 is 0. The monoisotopic (exact) mass is 469 g/mol. The highest BCUT2D eigenvalue weighted by Crippen LogP contribution is 2.29. The van der Waals surface area contributed by atoms with E-state index in [0.29, 0.717) is 34.4 Å². The molecule has 1 heterocycles. The van der Waals surface area contributed by atoms with Crippen LogP contribution >= 0.6 is 0 Å². The van der Waals surface area contributed by atoms with Gasteiger partial charge in [-0.15, -0.1) is 0 Å². The zero-order valence-electron chi connectivity index (χ0n) is 18.6. The predicted molar refractivity (Wildman–Crippen MR) is 117 cm³/mol. The third-order valence-electron chi connectivity index (χ3n) is 4.67. The van der Waals surface area contributed by atoms with Crippen molar-refractivity contribution in [2.75, 3.05) is 5.32 Å². The molecule has 0 fully saturated rings. The van der Waals surface area contributed by atoms with Crippen LogP contribution in [0.4, 0.5) is 33.6 Å². The summed E-state index contributed by atoms with van der Waals surface area (Å²) in [6.07, 6.45) is 2.73. The van der Waals surface area contributed by atoms with E-state index < -0.39 is 29.7 Å². The fraction of sp³-hybridized carbons (Fsp3) is 0.304. The second-order valence-electron chi connectivity index (χ2n) is 7.37. The number of allylic oxidation sites excluding steroid dienone is 5. The first-order valence-corrected chi connectivity index (χ1v) is 9.93. The number of alkyl halides is 2. The lowest BCUT2D eigenvalue weighted by Crippen LogP contribution is -2.21. The first-order valence-electron chi connectivity index (χ1n) is 9.93. The van der Waals surface area contributed by atoms with Gasteiger partial charge in [-0.25, -0.2) is 13.2 Å². The van der Waals surface area contributed by atoms with Crippen molar-refractivity contribution in [1.29, 1.82) is 0 Å². The Bertz CT molecular complexity index is 1170. The van der Waals surface area contributed by atoms with Crippen molar-refractivity contribution >= 4 is 11.6 Å². The number of aryl methyl sites for hydroxylation is 3. The van der Waals surface area contributed by atoms with Crippen LogP contribution in [0.25, 0.3) is 0 Å². The minimum Gasteiger partial charge on any atom is -0.435 e. The molecule has 0 aliphatic heterocycles. The molecular weight excluding hydrogens is 445 g/mol. The van der Waals surface area contributed by atoms with Crippen molar-refractivity contribution in [3.63, 3.8) is 0 Å². The molecule has 0 bridgehead atoms. The number of halogens is 5. The van der Waals surface area contributed by atoms with Gasteiger partial charge in [0.15, 0.2) is 17.5 Å². The molecule has 1 aromatic carbocycles. The summed E-state index contributed by atoms with van der Waals surface area (Å²) in [5.74, 6) is -4.54. The van der Waals surface area contributed by atoms with Crippen LogP contribution in [0.5, 0.6) is 5.75 Å². The molecule has 10 heteroatoms. The largest absolute Gasteiger partial charge is 0.435 e. The first-order chi connectivity index (χ1) is 15.4. The van der Waals surface area contributed by atoms with Gasteiger partial charge in [0.1, 0.15) is 5.75 Å². The molecule has 0 saturated heterocycles. The maximum Gasteiger partial charge on any atom is 0.387 e. The quantitative estimate of drug-likeness (QED) is 0.344. The molecule has 1 aromatic heterocycles. The van der Waals surface area contributed by atoms with Crippen molar-refractivity contribution in [1.82, 2.24) is 9.55 Å². The topological polar surface area (TPSA) is 56.2 Å². The molecule has 0 radical (unpaired) electrons. The van der Waals surface area contributed by atoms with Gasteiger partial charge in [-0.3, -0.25) is 4.79 Å². The number of nitrogens with one attached hydrogen (secondary N) is 1. The molecular formula is C23H24F5N3O2. The van der Waals surface area contributed by atoms with Gasteiger partial charge in [0, 0.05) is 24.0 Å². The maximum atomic E-state index is 13.9. The highest BCUT2D eigenvalue weighted by molar-refractivity contribution is 5.62. The normalized spacial score (nSPS) is 12.6. The smallest absolute Gasteiger partial charge is 0.387 e. The molecule has 33 heavy (non-hydrogen) atoms. The number of ether oxygens (including phenoxy) is 1. The summed E-state index contributed by atoms with van der Waals surface area (Å²) in [7, 11) is 0. The van der Waals surface area contributed by atoms with Crippen molar-refractivity contribution in [2.45, 2.75) is 47.3 Å². The molecule has 2 rings (SSSR count). The maximum absolute atomic E-state index is 13.9. The SMILES string of the molecule is C=C(F)/C(F)=C(F)\C=C(/C)Cn1cc(CC)c(=O)nc1Nc1cc(C)c(OC(F)F)cc1C. The lowest BCUT2D eigenvalue weighted by Gasteiger charge is -2.18. The van der Waals surface area contributed by atoms with Gasteiger partial charge in [0.2, 0.25) is 5.95 Å². The van der Waals surface area contributed by atoms with Gasteiger partial charge < -0.3 is 14.6 Å². The van der Waals surface area contributed by atoms with Crippen LogP contribution < -0.4 is 15.6 Å². The Labute approximate surface area is 187 Å². The Morgan fingerprint density at radius 2 is 1.91 bits per heavy atom. The number of nitrogens with zero attached hydrogens (tertiary/aromatic N) is 2. The minimum absolute atomic E-state index is 0.00726. The fourth-order valence-corrected chi connectivity index (χ4v) is 2.99. The highest BCUT2D eigenvalue weighted by Gasteiger charge is 2.14. The van der Waals surface area contributed by atoms with Gasteiger partial charge in [-0.1, -0.05) is 19.1 Å². The highest BCUT2D eigenvalue weighted by atomic mass is 19.3. The number of hydrogen-bond donors (Lipinski definition) is 1. The number of benzene rings is 1. The van der Waals surface area contributed by atoms with E-state index in [9.17, 15) is 26.7 Å². The van der Waals surface area contributed by atoms with Crippen LogP contribution in [0.15, 0.2) is 58.8 Å². The van der Waals surface area contributed by atoms with E-state index in [-0.39, 0.29) is 18.2 Å². The predicted octanol–water partition coefficient (Wildman–Crippen LogP) is 6.35. The lowest BCUT2D eigenvalue weighted by atomic mass is 10.1. The molecule has 0 aliphatic rings. The average Bonchev–Trinajstić information content (AvgIpc) is 2.72. The number of hydrogen-bond acceptors (Lipinski definition) is 4. The number of anilines is 2. The third-order valence-corrected chi connectivity index (χ3v) is 4.67. The molecule has 0 unspecified atom stereocenters.